The van der Waals surface area contributed by atoms with Gasteiger partial charge >= 0.3 is 0 Å². The van der Waals surface area contributed by atoms with Crippen molar-refractivity contribution < 1.29 is 0 Å². The molecule has 4 aromatic heterocycles. The molecule has 518 valence electrons. The zero-order valence-electron chi connectivity index (χ0n) is 59.9. The summed E-state index contributed by atoms with van der Waals surface area (Å²) in [4.78, 5) is 32.2. The number of nitrogens with zero attached hydrogens (tertiary/aromatic N) is 12. The topological polar surface area (TPSA) is 182 Å². The molecule has 19 rings (SSSR count). The summed E-state index contributed by atoms with van der Waals surface area (Å²) >= 11 is 0. The van der Waals surface area contributed by atoms with Crippen LogP contribution >= 0.6 is 0 Å². The Balaban J connectivity index is 0.842. The third kappa shape index (κ3) is 12.4. The fraction of sp³-hybridized carbons (Fsp3) is 0. The standard InChI is InChI=1S/C100H58N12/c101-59-63-18-13-30-71(48-63)75-36-44-91-85(53-75)86-54-76(72-31-14-19-64(49-72)60-102)37-45-92(86)111(91)81-40-42-83(89(57-81)99-107-95(67-22-5-1-6-23-67)105-96(108-99)68-24-7-2-8-25-68)79-34-17-35-80(52-79)84-43-41-82(58-90(84)100-109-97(69-26-9-3-10-27-69)106-98(110-100)70-28-11-4-12-29-70)112-93-46-38-77(73-32-15-20-65(50-73)61-103)55-87(93)88-56-78(39-47-94(88)112)74-33-16-21-66(51-74)62-104/h1-58H. The SMILES string of the molecule is N#Cc1cccc(-c2ccc3c(c2)c2cc(-c4cccc(C#N)c4)ccc2n3-c2ccc(-c3cccc(-c4ccc(-n5c6ccc(-c7cccc(C#N)c7)cc6c6cc(-c7cccc(C#N)c7)ccc65)cc4-c4nc(-c5ccccc5)nc(-c5ccccc5)n4)c3)c(-c3nc(-c4ccccc4)nc(-c4ccccc4)n3)c2)c1. The molecule has 15 aromatic carbocycles. The molecular weight excluding hydrogens is 1370 g/mol. The van der Waals surface area contributed by atoms with Crippen LogP contribution in [-0.4, -0.2) is 39.0 Å². The van der Waals surface area contributed by atoms with Crippen LogP contribution in [0.4, 0.5) is 0 Å². The van der Waals surface area contributed by atoms with Crippen molar-refractivity contribution in [2.45, 2.75) is 0 Å². The van der Waals surface area contributed by atoms with Gasteiger partial charge in [0.1, 0.15) is 0 Å². The van der Waals surface area contributed by atoms with Gasteiger partial charge in [-0.2, -0.15) is 21.0 Å². The van der Waals surface area contributed by atoms with E-state index in [1.54, 1.807) is 0 Å². The second kappa shape index (κ2) is 28.3. The van der Waals surface area contributed by atoms with Crippen LogP contribution in [0, 0.1) is 45.3 Å². The lowest BCUT2D eigenvalue weighted by Crippen LogP contribution is -2.03. The van der Waals surface area contributed by atoms with Gasteiger partial charge in [0, 0.05) is 66.3 Å². The lowest BCUT2D eigenvalue weighted by Gasteiger charge is -2.18. The average Bonchev–Trinajstić information content (AvgIpc) is 1.57. The number of benzene rings is 15. The molecule has 0 unspecified atom stereocenters. The summed E-state index contributed by atoms with van der Waals surface area (Å²) in [6.45, 7) is 0. The maximum absolute atomic E-state index is 10.0. The fourth-order valence-corrected chi connectivity index (χ4v) is 15.3. The third-order valence-electron chi connectivity index (χ3n) is 20.7. The summed E-state index contributed by atoms with van der Waals surface area (Å²) in [6.07, 6.45) is 0. The zero-order valence-corrected chi connectivity index (χ0v) is 59.9. The first-order valence-corrected chi connectivity index (χ1v) is 36.6. The van der Waals surface area contributed by atoms with E-state index in [-0.39, 0.29) is 0 Å². The van der Waals surface area contributed by atoms with Gasteiger partial charge in [0.05, 0.1) is 68.6 Å². The van der Waals surface area contributed by atoms with Crippen molar-refractivity contribution in [2.75, 3.05) is 0 Å². The molecule has 12 nitrogen and oxygen atoms in total. The number of hydrogen-bond donors (Lipinski definition) is 0. The highest BCUT2D eigenvalue weighted by molar-refractivity contribution is 6.13. The van der Waals surface area contributed by atoms with Crippen molar-refractivity contribution in [3.8, 4) is 171 Å². The normalized spacial score (nSPS) is 11.2. The molecule has 0 bridgehead atoms. The number of nitriles is 4. The van der Waals surface area contributed by atoms with Gasteiger partial charge in [0.25, 0.3) is 0 Å². The molecule has 12 heteroatoms. The van der Waals surface area contributed by atoms with Crippen LogP contribution in [0.15, 0.2) is 352 Å². The van der Waals surface area contributed by atoms with E-state index in [1.807, 2.05) is 218 Å². The molecule has 0 spiro atoms. The minimum Gasteiger partial charge on any atom is -0.309 e. The molecule has 0 radical (unpaired) electrons. The molecule has 0 saturated heterocycles. The Hall–Kier alpha value is -16.1. The van der Waals surface area contributed by atoms with E-state index < -0.39 is 0 Å². The van der Waals surface area contributed by atoms with Crippen LogP contribution < -0.4 is 0 Å². The van der Waals surface area contributed by atoms with Gasteiger partial charge in [0.2, 0.25) is 0 Å². The maximum Gasteiger partial charge on any atom is 0.164 e. The minimum absolute atomic E-state index is 0.462. The average molecular weight is 1430 g/mol. The first-order valence-electron chi connectivity index (χ1n) is 36.6. The Morgan fingerprint density at radius 3 is 0.696 bits per heavy atom. The predicted octanol–water partition coefficient (Wildman–Crippen LogP) is 23.7. The van der Waals surface area contributed by atoms with E-state index in [2.05, 4.69) is 167 Å². The van der Waals surface area contributed by atoms with Crippen molar-refractivity contribution in [2.24, 2.45) is 0 Å². The summed E-state index contributed by atoms with van der Waals surface area (Å²) in [5.41, 5.74) is 23.6. The van der Waals surface area contributed by atoms with Gasteiger partial charge in [-0.25, -0.2) is 29.9 Å². The monoisotopic (exact) mass is 1430 g/mol. The Labute approximate surface area is 644 Å². The molecule has 19 aromatic rings. The summed E-state index contributed by atoms with van der Waals surface area (Å²) in [6, 6.07) is 128. The van der Waals surface area contributed by atoms with Gasteiger partial charge in [-0.1, -0.05) is 224 Å². The third-order valence-corrected chi connectivity index (χ3v) is 20.7. The van der Waals surface area contributed by atoms with Crippen molar-refractivity contribution in [3.05, 3.63) is 374 Å². The van der Waals surface area contributed by atoms with Crippen LogP contribution in [0.3, 0.4) is 0 Å². The van der Waals surface area contributed by atoms with Crippen molar-refractivity contribution in [1.29, 1.82) is 21.0 Å². The summed E-state index contributed by atoms with van der Waals surface area (Å²) in [5.74, 6) is 2.98. The highest BCUT2D eigenvalue weighted by atomic mass is 15.1. The first kappa shape index (κ1) is 66.6. The predicted molar refractivity (Wildman–Crippen MR) is 446 cm³/mol. The van der Waals surface area contributed by atoms with Gasteiger partial charge in [-0.15, -0.1) is 0 Å². The molecule has 0 saturated carbocycles. The van der Waals surface area contributed by atoms with Gasteiger partial charge < -0.3 is 9.13 Å². The second-order valence-corrected chi connectivity index (χ2v) is 27.5. The van der Waals surface area contributed by atoms with Crippen LogP contribution in [-0.2, 0) is 0 Å². The number of rotatable bonds is 14. The van der Waals surface area contributed by atoms with Gasteiger partial charge in [-0.3, -0.25) is 0 Å². The smallest absolute Gasteiger partial charge is 0.164 e. The number of hydrogen-bond acceptors (Lipinski definition) is 10. The first-order chi connectivity index (χ1) is 55.3. The van der Waals surface area contributed by atoms with E-state index in [0.29, 0.717) is 57.2 Å². The largest absolute Gasteiger partial charge is 0.309 e. The molecule has 4 heterocycles. The lowest BCUT2D eigenvalue weighted by molar-refractivity contribution is 1.07. The Morgan fingerprint density at radius 1 is 0.179 bits per heavy atom. The minimum atomic E-state index is 0.462. The molecule has 112 heavy (non-hydrogen) atoms. The maximum atomic E-state index is 10.0. The van der Waals surface area contributed by atoms with E-state index in [4.69, 9.17) is 29.9 Å². The molecule has 0 aliphatic heterocycles. The van der Waals surface area contributed by atoms with Crippen LogP contribution in [0.25, 0.3) is 190 Å². The van der Waals surface area contributed by atoms with Crippen molar-refractivity contribution in [3.63, 3.8) is 0 Å². The molecule has 0 amide bonds. The van der Waals surface area contributed by atoms with E-state index in [9.17, 15) is 21.0 Å². The van der Waals surface area contributed by atoms with E-state index >= 15 is 0 Å². The molecular formula is C100H58N12. The summed E-state index contributed by atoms with van der Waals surface area (Å²) in [7, 11) is 0. The summed E-state index contributed by atoms with van der Waals surface area (Å²) in [5, 5.41) is 44.2. The van der Waals surface area contributed by atoms with Crippen LogP contribution in [0.1, 0.15) is 22.3 Å². The highest BCUT2D eigenvalue weighted by Crippen LogP contribution is 2.45. The second-order valence-electron chi connectivity index (χ2n) is 27.5. The molecule has 0 fully saturated rings. The molecule has 0 atom stereocenters. The molecule has 0 aliphatic carbocycles. The molecule has 0 aliphatic rings. The lowest BCUT2D eigenvalue weighted by atomic mass is 9.92. The fourth-order valence-electron chi connectivity index (χ4n) is 15.3. The highest BCUT2D eigenvalue weighted by Gasteiger charge is 2.25. The molecule has 0 N–H and O–H groups in total. The number of aromatic nitrogens is 8. The van der Waals surface area contributed by atoms with Crippen molar-refractivity contribution in [1.82, 2.24) is 39.0 Å². The summed E-state index contributed by atoms with van der Waals surface area (Å²) < 4.78 is 4.59. The number of fused-ring (bicyclic) bond motifs is 6. The Morgan fingerprint density at radius 2 is 0.420 bits per heavy atom. The van der Waals surface area contributed by atoms with Gasteiger partial charge in [-0.05, 0) is 194 Å². The van der Waals surface area contributed by atoms with Crippen LogP contribution in [0.2, 0.25) is 0 Å². The van der Waals surface area contributed by atoms with Crippen molar-refractivity contribution >= 4 is 43.6 Å². The van der Waals surface area contributed by atoms with E-state index in [0.717, 1.165) is 155 Å². The quantitative estimate of drug-likeness (QED) is 0.102. The van der Waals surface area contributed by atoms with Crippen LogP contribution in [0.5, 0.6) is 0 Å². The zero-order chi connectivity index (χ0) is 75.2. The Bertz CT molecular complexity index is 6410. The van der Waals surface area contributed by atoms with Gasteiger partial charge in [0.15, 0.2) is 34.9 Å². The van der Waals surface area contributed by atoms with E-state index in [1.165, 1.54) is 0 Å². The Kier molecular flexibility index (Phi) is 16.8.